The molecular formula is C47H84NO7P. The van der Waals surface area contributed by atoms with Gasteiger partial charge < -0.3 is 27.9 Å². The normalized spacial score (nSPS) is 14.5. The molecule has 0 bridgehead atoms. The van der Waals surface area contributed by atoms with Crippen LogP contribution in [-0.2, 0) is 27.9 Å². The number of quaternary nitrogens is 1. The highest BCUT2D eigenvalue weighted by Crippen LogP contribution is 2.38. The molecule has 0 radical (unpaired) electrons. The molecule has 2 unspecified atom stereocenters. The summed E-state index contributed by atoms with van der Waals surface area (Å²) in [5, 5.41) is 0. The fourth-order valence-corrected chi connectivity index (χ4v) is 6.29. The fourth-order valence-electron chi connectivity index (χ4n) is 5.57. The summed E-state index contributed by atoms with van der Waals surface area (Å²) in [7, 11) is 1.33. The SMILES string of the molecule is CC/C=C\C/C=C\C/C=C\C/C=C\C/C=C\CCCCCCCCOCC(COP(=O)([O-])OCC[N+](C)(C)C)OC(=O)CCCCCCC/C=C\CCCCC. The minimum Gasteiger partial charge on any atom is -0.756 e. The van der Waals surface area contributed by atoms with Crippen LogP contribution in [0.3, 0.4) is 0 Å². The monoisotopic (exact) mass is 806 g/mol. The summed E-state index contributed by atoms with van der Waals surface area (Å²) in [6.07, 6.45) is 50.6. The van der Waals surface area contributed by atoms with E-state index in [4.69, 9.17) is 18.5 Å². The average Bonchev–Trinajstić information content (AvgIpc) is 3.15. The summed E-state index contributed by atoms with van der Waals surface area (Å²) in [6, 6.07) is 0. The lowest BCUT2D eigenvalue weighted by Crippen LogP contribution is -2.37. The highest BCUT2D eigenvalue weighted by molar-refractivity contribution is 7.45. The van der Waals surface area contributed by atoms with Crippen molar-refractivity contribution in [3.63, 3.8) is 0 Å². The van der Waals surface area contributed by atoms with Crippen molar-refractivity contribution in [2.45, 2.75) is 168 Å². The maximum Gasteiger partial charge on any atom is 0.306 e. The molecule has 0 amide bonds. The summed E-state index contributed by atoms with van der Waals surface area (Å²) >= 11 is 0. The average molecular weight is 806 g/mol. The first-order valence-electron chi connectivity index (χ1n) is 22.2. The van der Waals surface area contributed by atoms with Crippen LogP contribution in [0, 0.1) is 0 Å². The van der Waals surface area contributed by atoms with Crippen LogP contribution in [0.5, 0.6) is 0 Å². The zero-order valence-corrected chi connectivity index (χ0v) is 37.5. The van der Waals surface area contributed by atoms with Gasteiger partial charge in [0.05, 0.1) is 34.4 Å². The molecule has 0 heterocycles. The number of allylic oxidation sites excluding steroid dienone is 12. The Kier molecular flexibility index (Phi) is 38.3. The number of phosphoric ester groups is 1. The van der Waals surface area contributed by atoms with Gasteiger partial charge in [-0.25, -0.2) is 0 Å². The van der Waals surface area contributed by atoms with Gasteiger partial charge in [-0.05, 0) is 83.5 Å². The second-order valence-corrected chi connectivity index (χ2v) is 17.1. The van der Waals surface area contributed by atoms with Gasteiger partial charge >= 0.3 is 5.97 Å². The van der Waals surface area contributed by atoms with Gasteiger partial charge in [0.1, 0.15) is 19.3 Å². The van der Waals surface area contributed by atoms with Crippen LogP contribution < -0.4 is 4.89 Å². The van der Waals surface area contributed by atoms with Gasteiger partial charge in [-0.3, -0.25) is 9.36 Å². The van der Waals surface area contributed by atoms with Gasteiger partial charge in [-0.1, -0.05) is 145 Å². The van der Waals surface area contributed by atoms with E-state index in [9.17, 15) is 14.3 Å². The van der Waals surface area contributed by atoms with Crippen LogP contribution in [0.4, 0.5) is 0 Å². The second-order valence-electron chi connectivity index (χ2n) is 15.7. The Hall–Kier alpha value is -2.06. The van der Waals surface area contributed by atoms with Gasteiger partial charge in [0.2, 0.25) is 0 Å². The number of carbonyl (C=O) groups excluding carboxylic acids is 1. The quantitative estimate of drug-likeness (QED) is 0.0200. The Bertz CT molecular complexity index is 1120. The summed E-state index contributed by atoms with van der Waals surface area (Å²) < 4.78 is 34.5. The Balaban J connectivity index is 4.24. The first-order chi connectivity index (χ1) is 27.1. The lowest BCUT2D eigenvalue weighted by molar-refractivity contribution is -0.870. The number of likely N-dealkylation sites (N-methyl/N-ethyl adjacent to an activating group) is 1. The van der Waals surface area contributed by atoms with Gasteiger partial charge in [0.25, 0.3) is 7.82 Å². The summed E-state index contributed by atoms with van der Waals surface area (Å²) in [4.78, 5) is 25.0. The number of ether oxygens (including phenoxy) is 2. The molecule has 0 aromatic heterocycles. The summed E-state index contributed by atoms with van der Waals surface area (Å²) in [6.45, 7) is 5.20. The number of unbranched alkanes of at least 4 members (excludes halogenated alkanes) is 14. The standard InChI is InChI=1S/C47H84NO7P/c1-6-8-10-12-14-16-18-20-21-22-23-24-25-26-27-28-29-31-33-35-37-39-42-52-44-46(45-54-56(50,51)53-43-41-48(3,4)5)55-47(49)40-38-36-34-32-30-19-17-15-13-11-9-7-2/h8,10,14-17,20-21,23-24,26-27,46H,6-7,9,11-13,18-19,22,25,28-45H2,1-5H3/b10-8-,16-14-,17-15-,21-20-,24-23-,27-26-. The van der Waals surface area contributed by atoms with E-state index >= 15 is 0 Å². The number of phosphoric acid groups is 1. The third-order valence-electron chi connectivity index (χ3n) is 8.99. The van der Waals surface area contributed by atoms with E-state index in [1.807, 2.05) is 21.1 Å². The first kappa shape index (κ1) is 53.9. The molecule has 56 heavy (non-hydrogen) atoms. The van der Waals surface area contributed by atoms with Crippen LogP contribution in [0.1, 0.15) is 162 Å². The maximum atomic E-state index is 12.6. The number of nitrogens with zero attached hydrogens (tertiary/aromatic N) is 1. The van der Waals surface area contributed by atoms with E-state index in [1.54, 1.807) is 0 Å². The van der Waals surface area contributed by atoms with Gasteiger partial charge in [0.15, 0.2) is 0 Å². The van der Waals surface area contributed by atoms with Crippen molar-refractivity contribution in [2.75, 3.05) is 54.1 Å². The zero-order valence-electron chi connectivity index (χ0n) is 36.6. The van der Waals surface area contributed by atoms with Gasteiger partial charge in [-0.2, -0.15) is 0 Å². The molecule has 0 saturated carbocycles. The van der Waals surface area contributed by atoms with Crippen LogP contribution in [-0.4, -0.2) is 70.7 Å². The molecule has 0 spiro atoms. The van der Waals surface area contributed by atoms with Crippen LogP contribution in [0.25, 0.3) is 0 Å². The van der Waals surface area contributed by atoms with E-state index in [1.165, 1.54) is 51.4 Å². The first-order valence-corrected chi connectivity index (χ1v) is 23.6. The summed E-state index contributed by atoms with van der Waals surface area (Å²) in [5.41, 5.74) is 0. The predicted molar refractivity (Wildman–Crippen MR) is 235 cm³/mol. The number of hydrogen-bond donors (Lipinski definition) is 0. The molecule has 0 N–H and O–H groups in total. The van der Waals surface area contributed by atoms with Crippen molar-refractivity contribution in [2.24, 2.45) is 0 Å². The van der Waals surface area contributed by atoms with E-state index in [0.29, 0.717) is 24.1 Å². The Morgan fingerprint density at radius 3 is 1.57 bits per heavy atom. The minimum absolute atomic E-state index is 0.0177. The molecule has 0 saturated heterocycles. The third-order valence-corrected chi connectivity index (χ3v) is 9.96. The summed E-state index contributed by atoms with van der Waals surface area (Å²) in [5.74, 6) is -0.353. The number of rotatable bonds is 40. The Morgan fingerprint density at radius 2 is 1.04 bits per heavy atom. The molecule has 8 nitrogen and oxygen atoms in total. The Labute approximate surface area is 344 Å². The van der Waals surface area contributed by atoms with Crippen molar-refractivity contribution < 1.29 is 37.3 Å². The van der Waals surface area contributed by atoms with Crippen molar-refractivity contribution >= 4 is 13.8 Å². The topological polar surface area (TPSA) is 94.1 Å². The predicted octanol–water partition coefficient (Wildman–Crippen LogP) is 12.5. The minimum atomic E-state index is -4.53. The number of hydrogen-bond acceptors (Lipinski definition) is 7. The van der Waals surface area contributed by atoms with Crippen molar-refractivity contribution in [3.05, 3.63) is 72.9 Å². The van der Waals surface area contributed by atoms with Gasteiger partial charge in [-0.15, -0.1) is 0 Å². The third kappa shape index (κ3) is 43.1. The molecule has 9 heteroatoms. The molecule has 0 aromatic carbocycles. The van der Waals surface area contributed by atoms with E-state index < -0.39 is 13.9 Å². The molecule has 2 atom stereocenters. The van der Waals surface area contributed by atoms with Crippen LogP contribution >= 0.6 is 7.82 Å². The van der Waals surface area contributed by atoms with E-state index in [2.05, 4.69) is 86.8 Å². The molecule has 0 aliphatic heterocycles. The lowest BCUT2D eigenvalue weighted by atomic mass is 10.1. The van der Waals surface area contributed by atoms with Crippen molar-refractivity contribution in [1.82, 2.24) is 0 Å². The second kappa shape index (κ2) is 39.8. The van der Waals surface area contributed by atoms with Crippen LogP contribution in [0.2, 0.25) is 0 Å². The fraction of sp³-hybridized carbons (Fsp3) is 0.723. The molecule has 0 aliphatic rings. The molecule has 0 aromatic rings. The molecular weight excluding hydrogens is 721 g/mol. The van der Waals surface area contributed by atoms with Crippen molar-refractivity contribution in [1.29, 1.82) is 0 Å². The van der Waals surface area contributed by atoms with Crippen LogP contribution in [0.15, 0.2) is 72.9 Å². The molecule has 0 rings (SSSR count). The number of carbonyl (C=O) groups is 1. The van der Waals surface area contributed by atoms with Crippen molar-refractivity contribution in [3.8, 4) is 0 Å². The highest BCUT2D eigenvalue weighted by Gasteiger charge is 2.20. The molecule has 324 valence electrons. The highest BCUT2D eigenvalue weighted by atomic mass is 31.2. The lowest BCUT2D eigenvalue weighted by Gasteiger charge is -2.28. The molecule has 0 aliphatic carbocycles. The largest absolute Gasteiger partial charge is 0.756 e. The maximum absolute atomic E-state index is 12.6. The molecule has 0 fully saturated rings. The van der Waals surface area contributed by atoms with E-state index in [0.717, 1.165) is 89.9 Å². The smallest absolute Gasteiger partial charge is 0.306 e. The zero-order chi connectivity index (χ0) is 41.3. The van der Waals surface area contributed by atoms with Gasteiger partial charge in [0, 0.05) is 13.0 Å². The van der Waals surface area contributed by atoms with E-state index in [-0.39, 0.29) is 25.8 Å². The Morgan fingerprint density at radius 1 is 0.571 bits per heavy atom. The number of esters is 1.